The second-order valence-corrected chi connectivity index (χ2v) is 38.3. The van der Waals surface area contributed by atoms with Gasteiger partial charge in [-0.15, -0.1) is 0 Å². The van der Waals surface area contributed by atoms with Crippen LogP contribution in [0.2, 0.25) is 0 Å². The van der Waals surface area contributed by atoms with Gasteiger partial charge in [0, 0.05) is 22.3 Å². The van der Waals surface area contributed by atoms with Gasteiger partial charge in [-0.05, 0) is 328 Å². The summed E-state index contributed by atoms with van der Waals surface area (Å²) in [6, 6.07) is 26.9. The zero-order valence-corrected chi connectivity index (χ0v) is 80.3. The quantitative estimate of drug-likeness (QED) is 0.00993. The average Bonchev–Trinajstić information content (AvgIpc) is 1.54. The fourth-order valence-electron chi connectivity index (χ4n) is 16.7. The van der Waals surface area contributed by atoms with Crippen LogP contribution < -0.4 is 18.9 Å². The standard InChI is InChI=1S/C26H44O2.C24H38O4.C20H26O4.C20H30O4.C16H22O4/c1-10-22-11-23(25(27,14-18(2)3)15-19(4)5)13-24(12-22)26(28,16-20(6)7)17-21(8)9;1-7-11-23(26,12-8-2)19-15-20(24(27,13-9-3)14-10-4)17-21(16-19)28-22(25)18(5)6;1-14(2)18(21)24-17-12-15(19(22)7-3-4-8-19)11-16(13-17)20(23)9-5-6-10-20;1-7-19(22,8-2)15-11-16(20(23,9-3)10-4)13-17(12-15)24-18(21)14(5)6;1-10(2)14(17)20-13-8-11(15(3,4)18)7-12(9-13)16(5,6)19/h10-13,18-21,27-28H,1,14-17H2,2-9H3;15-17,26-27H,5,7-14H2,1-4,6H3;11-13,22-23H,1,3-10H2,2H3;11-13,22-23H,5,7-10H2,1-4,6H3;7-9,18-19H,1H2,2-6H3. The van der Waals surface area contributed by atoms with Gasteiger partial charge in [0.05, 0.1) is 56.0 Å². The summed E-state index contributed by atoms with van der Waals surface area (Å²) in [4.78, 5) is 47.4. The number of benzene rings is 5. The highest BCUT2D eigenvalue weighted by atomic mass is 16.5. The van der Waals surface area contributed by atoms with E-state index in [1.54, 1.807) is 110 Å². The number of hydrogen-bond donors (Lipinski definition) is 10. The first-order chi connectivity index (χ1) is 57.3. The van der Waals surface area contributed by atoms with Crippen LogP contribution in [-0.2, 0) is 75.2 Å². The van der Waals surface area contributed by atoms with E-state index in [2.05, 4.69) is 94.4 Å². The second kappa shape index (κ2) is 47.9. The van der Waals surface area contributed by atoms with Crippen molar-refractivity contribution in [3.05, 3.63) is 207 Å². The Balaban J connectivity index is 0.000000402. The molecule has 0 aliphatic heterocycles. The Kier molecular flexibility index (Phi) is 42.7. The third kappa shape index (κ3) is 32.5. The van der Waals surface area contributed by atoms with Crippen molar-refractivity contribution in [3.63, 3.8) is 0 Å². The van der Waals surface area contributed by atoms with Gasteiger partial charge >= 0.3 is 23.9 Å². The number of esters is 4. The molecule has 124 heavy (non-hydrogen) atoms. The molecule has 5 aromatic carbocycles. The molecule has 0 amide bonds. The smallest absolute Gasteiger partial charge is 0.338 e. The minimum absolute atomic E-state index is 0.273. The van der Waals surface area contributed by atoms with Gasteiger partial charge < -0.3 is 70.0 Å². The fraction of sp³-hybridized carbons (Fsp3) is 0.585. The van der Waals surface area contributed by atoms with Gasteiger partial charge in [0.25, 0.3) is 0 Å². The lowest BCUT2D eigenvalue weighted by atomic mass is 9.75. The van der Waals surface area contributed by atoms with E-state index in [1.807, 2.05) is 91.8 Å². The summed E-state index contributed by atoms with van der Waals surface area (Å²) in [6.07, 6.45) is 19.2. The molecule has 5 aromatic rings. The number of hydrogen-bond acceptors (Lipinski definition) is 18. The molecule has 0 heterocycles. The van der Waals surface area contributed by atoms with E-state index in [9.17, 15) is 70.2 Å². The van der Waals surface area contributed by atoms with Crippen molar-refractivity contribution in [2.75, 3.05) is 0 Å². The summed E-state index contributed by atoms with van der Waals surface area (Å²) in [5, 5.41) is 110. The van der Waals surface area contributed by atoms with Crippen LogP contribution in [-0.4, -0.2) is 74.9 Å². The number of carbonyl (C=O) groups is 4. The van der Waals surface area contributed by atoms with Crippen LogP contribution in [0, 0.1) is 23.7 Å². The Morgan fingerprint density at radius 3 is 0.750 bits per heavy atom. The molecule has 0 aromatic heterocycles. The molecule has 10 N–H and O–H groups in total. The van der Waals surface area contributed by atoms with Crippen molar-refractivity contribution in [3.8, 4) is 23.0 Å². The molecule has 2 aliphatic rings. The minimum Gasteiger partial charge on any atom is -0.423 e. The van der Waals surface area contributed by atoms with Gasteiger partial charge in [-0.3, -0.25) is 0 Å². The number of ether oxygens (including phenoxy) is 4. The highest BCUT2D eigenvalue weighted by molar-refractivity contribution is 5.90. The molecule has 0 bridgehead atoms. The van der Waals surface area contributed by atoms with E-state index >= 15 is 0 Å². The first-order valence-corrected chi connectivity index (χ1v) is 45.5. The average molecular weight is 1720 g/mol. The summed E-state index contributed by atoms with van der Waals surface area (Å²) in [5.41, 5.74) is -0.591. The van der Waals surface area contributed by atoms with E-state index < -0.39 is 79.9 Å². The minimum atomic E-state index is -1.11. The first kappa shape index (κ1) is 110. The van der Waals surface area contributed by atoms with Gasteiger partial charge in [0.2, 0.25) is 0 Å². The molecule has 18 heteroatoms. The van der Waals surface area contributed by atoms with Crippen molar-refractivity contribution >= 4 is 30.0 Å². The van der Waals surface area contributed by atoms with Crippen LogP contribution in [0.1, 0.15) is 381 Å². The van der Waals surface area contributed by atoms with Crippen LogP contribution in [0.4, 0.5) is 0 Å². The Labute approximate surface area is 745 Å². The summed E-state index contributed by atoms with van der Waals surface area (Å²) >= 11 is 0. The first-order valence-electron chi connectivity index (χ1n) is 45.5. The summed E-state index contributed by atoms with van der Waals surface area (Å²) in [5.74, 6) is 0.760. The predicted molar refractivity (Wildman–Crippen MR) is 501 cm³/mol. The van der Waals surface area contributed by atoms with E-state index in [1.165, 1.54) is 0 Å². The van der Waals surface area contributed by atoms with Crippen molar-refractivity contribution in [1.29, 1.82) is 0 Å². The molecule has 0 saturated heterocycles. The zero-order chi connectivity index (χ0) is 94.7. The Morgan fingerprint density at radius 1 is 0.339 bits per heavy atom. The van der Waals surface area contributed by atoms with Crippen molar-refractivity contribution < 1.29 is 89.2 Å². The van der Waals surface area contributed by atoms with Gasteiger partial charge in [-0.2, -0.15) is 0 Å². The molecule has 0 unspecified atom stereocenters. The maximum absolute atomic E-state index is 12.1. The van der Waals surface area contributed by atoms with Crippen LogP contribution in [0.25, 0.3) is 6.08 Å². The monoisotopic (exact) mass is 1720 g/mol. The van der Waals surface area contributed by atoms with Gasteiger partial charge in [-0.1, -0.05) is 207 Å². The molecular formula is C106H160O18. The summed E-state index contributed by atoms with van der Waals surface area (Å²) in [6.45, 7) is 64.1. The van der Waals surface area contributed by atoms with Gasteiger partial charge in [-0.25, -0.2) is 19.2 Å². The van der Waals surface area contributed by atoms with Gasteiger partial charge in [0.1, 0.15) is 23.0 Å². The molecular weight excluding hydrogens is 1560 g/mol. The predicted octanol–water partition coefficient (Wildman–Crippen LogP) is 23.1. The number of rotatable bonds is 39. The highest BCUT2D eigenvalue weighted by Crippen LogP contribution is 2.48. The van der Waals surface area contributed by atoms with E-state index in [-0.39, 0.29) is 11.3 Å². The second-order valence-electron chi connectivity index (χ2n) is 38.3. The largest absolute Gasteiger partial charge is 0.423 e. The van der Waals surface area contributed by atoms with Crippen molar-refractivity contribution in [2.24, 2.45) is 23.7 Å². The topological polar surface area (TPSA) is 308 Å². The van der Waals surface area contributed by atoms with Crippen molar-refractivity contribution in [1.82, 2.24) is 0 Å². The lowest BCUT2D eigenvalue weighted by Gasteiger charge is -2.36. The molecule has 2 saturated carbocycles. The summed E-state index contributed by atoms with van der Waals surface area (Å²) in [7, 11) is 0. The zero-order valence-electron chi connectivity index (χ0n) is 80.3. The molecule has 2 aliphatic carbocycles. The van der Waals surface area contributed by atoms with Crippen LogP contribution in [0.3, 0.4) is 0 Å². The molecule has 692 valence electrons. The van der Waals surface area contributed by atoms with Crippen LogP contribution in [0.15, 0.2) is 146 Å². The molecule has 0 radical (unpaired) electrons. The summed E-state index contributed by atoms with van der Waals surface area (Å²) < 4.78 is 21.5. The third-order valence-corrected chi connectivity index (χ3v) is 23.6. The Hall–Kier alpha value is -7.72. The highest BCUT2D eigenvalue weighted by Gasteiger charge is 2.41. The molecule has 0 spiro atoms. The lowest BCUT2D eigenvalue weighted by molar-refractivity contribution is -0.131. The van der Waals surface area contributed by atoms with Crippen LogP contribution in [0.5, 0.6) is 23.0 Å². The number of carbonyl (C=O) groups excluding carboxylic acids is 4. The van der Waals surface area contributed by atoms with E-state index in [4.69, 9.17) is 18.9 Å². The SMILES string of the molecule is C=C(C)C(=O)Oc1cc(C(C)(C)O)cc(C(C)(C)O)c1.C=C(C)C(=O)Oc1cc(C(O)(CC)CC)cc(C(O)(CC)CC)c1.C=C(C)C(=O)Oc1cc(C(O)(CCC)CCC)cc(C(O)(CCC)CCC)c1.C=C(C)C(=O)Oc1cc(C2(O)CCCC2)cc(C2(O)CCCC2)c1.C=Cc1cc(C(O)(CC(C)C)CC(C)C)cc(C(O)(CC(C)C)CC(C)C)c1. The van der Waals surface area contributed by atoms with Crippen LogP contribution >= 0.6 is 0 Å². The van der Waals surface area contributed by atoms with E-state index in [0.29, 0.717) is 194 Å². The van der Waals surface area contributed by atoms with E-state index in [0.717, 1.165) is 79.2 Å². The maximum Gasteiger partial charge on any atom is 0.338 e. The number of aliphatic hydroxyl groups is 10. The molecule has 0 atom stereocenters. The molecule has 7 rings (SSSR count). The fourth-order valence-corrected chi connectivity index (χ4v) is 16.7. The molecule has 2 fully saturated rings. The Morgan fingerprint density at radius 2 is 0.548 bits per heavy atom. The third-order valence-electron chi connectivity index (χ3n) is 23.6. The molecule has 18 nitrogen and oxygen atoms in total. The van der Waals surface area contributed by atoms with Gasteiger partial charge in [0.15, 0.2) is 0 Å². The Bertz CT molecular complexity index is 4030. The van der Waals surface area contributed by atoms with Crippen molar-refractivity contribution in [2.45, 2.75) is 376 Å². The lowest BCUT2D eigenvalue weighted by Crippen LogP contribution is -2.33. The normalized spacial score (nSPS) is 14.2. The maximum atomic E-state index is 12.1.